The van der Waals surface area contributed by atoms with E-state index in [0.29, 0.717) is 17.1 Å². The first-order valence-corrected chi connectivity index (χ1v) is 6.21. The molecule has 0 saturated heterocycles. The molecular weight excluding hydrogens is 240 g/mol. The first kappa shape index (κ1) is 10.9. The molecule has 1 unspecified atom stereocenters. The Morgan fingerprint density at radius 1 is 1.26 bits per heavy atom. The molecule has 19 heavy (non-hydrogen) atoms. The molecule has 0 bridgehead atoms. The van der Waals surface area contributed by atoms with Gasteiger partial charge in [0.25, 0.3) is 0 Å². The van der Waals surface area contributed by atoms with Crippen LogP contribution < -0.4 is 9.47 Å². The lowest BCUT2D eigenvalue weighted by atomic mass is 9.87. The van der Waals surface area contributed by atoms with Crippen LogP contribution in [0.5, 0.6) is 11.5 Å². The predicted molar refractivity (Wildman–Crippen MR) is 72.6 cm³/mol. The Labute approximate surface area is 113 Å². The summed E-state index contributed by atoms with van der Waals surface area (Å²) in [5.41, 5.74) is 1.37. The van der Waals surface area contributed by atoms with Crippen molar-refractivity contribution in [2.75, 3.05) is 13.7 Å². The summed E-state index contributed by atoms with van der Waals surface area (Å²) in [7, 11) is 1.57. The zero-order valence-corrected chi connectivity index (χ0v) is 10.7. The lowest BCUT2D eigenvalue weighted by molar-refractivity contribution is 0.0887. The van der Waals surface area contributed by atoms with E-state index in [0.717, 1.165) is 5.56 Å². The fraction of sp³-hybridized carbons (Fsp3) is 0.250. The van der Waals surface area contributed by atoms with Gasteiger partial charge in [-0.3, -0.25) is 0 Å². The van der Waals surface area contributed by atoms with Gasteiger partial charge in [-0.2, -0.15) is 0 Å². The molecule has 3 heteroatoms. The Morgan fingerprint density at radius 2 is 2.05 bits per heavy atom. The molecule has 1 aliphatic heterocycles. The summed E-state index contributed by atoms with van der Waals surface area (Å²) < 4.78 is 19.2. The van der Waals surface area contributed by atoms with E-state index in [1.807, 2.05) is 30.3 Å². The zero-order valence-electron chi connectivity index (χ0n) is 11.7. The highest BCUT2D eigenvalue weighted by atomic mass is 16.5. The largest absolute Gasteiger partial charge is 0.497 e. The van der Waals surface area contributed by atoms with Crippen LogP contribution in [0.2, 0.25) is 0 Å². The summed E-state index contributed by atoms with van der Waals surface area (Å²) >= 11 is 0. The molecule has 98 valence electrons. The van der Waals surface area contributed by atoms with Crippen molar-refractivity contribution in [3.63, 3.8) is 0 Å². The van der Waals surface area contributed by atoms with Crippen LogP contribution in [0, 0.1) is 0 Å². The van der Waals surface area contributed by atoms with Crippen molar-refractivity contribution in [3.05, 3.63) is 59.7 Å². The summed E-state index contributed by atoms with van der Waals surface area (Å²) in [6.45, 7) is 0.268. The topological polar surface area (TPSA) is 38.7 Å². The molecule has 0 amide bonds. The average Bonchev–Trinajstić information content (AvgIpc) is 2.47. The summed E-state index contributed by atoms with van der Waals surface area (Å²) in [4.78, 5) is 0. The van der Waals surface area contributed by atoms with E-state index < -0.39 is 12.0 Å². The van der Waals surface area contributed by atoms with Crippen molar-refractivity contribution in [1.82, 2.24) is 0 Å². The van der Waals surface area contributed by atoms with Crippen LogP contribution in [0.25, 0.3) is 0 Å². The second kappa shape index (κ2) is 4.94. The number of benzene rings is 2. The molecule has 0 saturated carbocycles. The number of ether oxygens (including phenoxy) is 2. The van der Waals surface area contributed by atoms with Crippen LogP contribution in [0.4, 0.5) is 0 Å². The molecular formula is C16H16O3. The summed E-state index contributed by atoms with van der Waals surface area (Å²) in [5.74, 6) is 0.747. The van der Waals surface area contributed by atoms with Gasteiger partial charge >= 0.3 is 0 Å². The number of hydrogen-bond acceptors (Lipinski definition) is 3. The van der Waals surface area contributed by atoms with Crippen molar-refractivity contribution in [2.24, 2.45) is 0 Å². The highest BCUT2D eigenvalue weighted by Crippen LogP contribution is 2.41. The summed E-state index contributed by atoms with van der Waals surface area (Å²) in [5, 5.41) is 10.6. The monoisotopic (exact) mass is 257 g/mol. The van der Waals surface area contributed by atoms with E-state index in [-0.39, 0.29) is 6.61 Å². The zero-order chi connectivity index (χ0) is 14.2. The molecule has 1 heterocycles. The molecule has 1 N–H and O–H groups in total. The third-order valence-electron chi connectivity index (χ3n) is 3.40. The average molecular weight is 257 g/mol. The van der Waals surface area contributed by atoms with Gasteiger partial charge in [0.1, 0.15) is 11.5 Å². The molecule has 0 fully saturated rings. The lowest BCUT2D eigenvalue weighted by Crippen LogP contribution is -2.24. The number of hydrogen-bond donors (Lipinski definition) is 1. The highest BCUT2D eigenvalue weighted by molar-refractivity contribution is 5.45. The van der Waals surface area contributed by atoms with Crippen molar-refractivity contribution in [3.8, 4) is 11.5 Å². The smallest absolute Gasteiger partial charge is 0.128 e. The number of methoxy groups -OCH3 is 1. The Balaban J connectivity index is 2.03. The van der Waals surface area contributed by atoms with E-state index in [1.54, 1.807) is 25.3 Å². The molecule has 0 aromatic heterocycles. The second-order valence-corrected chi connectivity index (χ2v) is 4.52. The third kappa shape index (κ3) is 2.17. The number of fused-ring (bicyclic) bond motifs is 1. The van der Waals surface area contributed by atoms with Crippen LogP contribution in [0.1, 0.15) is 24.5 Å². The van der Waals surface area contributed by atoms with E-state index in [2.05, 4.69) is 0 Å². The molecule has 3 rings (SSSR count). The maximum Gasteiger partial charge on any atom is 0.128 e. The van der Waals surface area contributed by atoms with Gasteiger partial charge < -0.3 is 14.6 Å². The SMILES string of the molecule is [2H][C@@]1(O)c2ccc(OC)cc2OCC1c1ccccc1. The fourth-order valence-electron chi connectivity index (χ4n) is 2.34. The summed E-state index contributed by atoms with van der Waals surface area (Å²) in [6, 6.07) is 14.6. The first-order chi connectivity index (χ1) is 9.63. The van der Waals surface area contributed by atoms with Crippen LogP contribution >= 0.6 is 0 Å². The standard InChI is InChI=1S/C16H16O3/c1-18-12-7-8-13-15(9-12)19-10-14(16(13)17)11-5-3-2-4-6-11/h2-9,14,16-17H,10H2,1H3/t14?,16-/m1/s1/i16D. The van der Waals surface area contributed by atoms with Gasteiger partial charge in [-0.1, -0.05) is 30.3 Å². The van der Waals surface area contributed by atoms with E-state index in [9.17, 15) is 5.11 Å². The third-order valence-corrected chi connectivity index (χ3v) is 3.40. The van der Waals surface area contributed by atoms with Crippen LogP contribution in [-0.2, 0) is 0 Å². The van der Waals surface area contributed by atoms with Gasteiger partial charge in [0.05, 0.1) is 21.2 Å². The fourth-order valence-corrected chi connectivity index (χ4v) is 2.34. The molecule has 2 atom stereocenters. The molecule has 0 aliphatic carbocycles. The Morgan fingerprint density at radius 3 is 2.79 bits per heavy atom. The Bertz CT molecular complexity index is 610. The minimum absolute atomic E-state index is 0.268. The molecule has 0 radical (unpaired) electrons. The van der Waals surface area contributed by atoms with Crippen molar-refractivity contribution in [2.45, 2.75) is 12.0 Å². The van der Waals surface area contributed by atoms with Crippen molar-refractivity contribution in [1.29, 1.82) is 0 Å². The molecule has 2 aromatic carbocycles. The van der Waals surface area contributed by atoms with Crippen molar-refractivity contribution < 1.29 is 16.0 Å². The van der Waals surface area contributed by atoms with Crippen LogP contribution in [-0.4, -0.2) is 18.8 Å². The van der Waals surface area contributed by atoms with Gasteiger partial charge in [0.15, 0.2) is 0 Å². The number of aliphatic hydroxyl groups is 1. The second-order valence-electron chi connectivity index (χ2n) is 4.52. The Kier molecular flexibility index (Phi) is 2.83. The van der Waals surface area contributed by atoms with Crippen LogP contribution in [0.3, 0.4) is 0 Å². The van der Waals surface area contributed by atoms with E-state index >= 15 is 0 Å². The molecule has 1 aliphatic rings. The summed E-state index contributed by atoms with van der Waals surface area (Å²) in [6.07, 6.45) is -1.71. The van der Waals surface area contributed by atoms with Crippen molar-refractivity contribution >= 4 is 0 Å². The number of rotatable bonds is 2. The Hall–Kier alpha value is -2.00. The predicted octanol–water partition coefficient (Wildman–Crippen LogP) is 2.90. The minimum atomic E-state index is -1.71. The molecule has 2 aromatic rings. The minimum Gasteiger partial charge on any atom is -0.497 e. The van der Waals surface area contributed by atoms with Gasteiger partial charge in [0, 0.05) is 17.5 Å². The van der Waals surface area contributed by atoms with Gasteiger partial charge in [0.2, 0.25) is 0 Å². The van der Waals surface area contributed by atoms with Crippen LogP contribution in [0.15, 0.2) is 48.5 Å². The highest BCUT2D eigenvalue weighted by Gasteiger charge is 2.30. The normalized spacial score (nSPS) is 26.0. The maximum absolute atomic E-state index is 10.6. The molecule has 3 nitrogen and oxygen atoms in total. The van der Waals surface area contributed by atoms with Gasteiger partial charge in [-0.05, 0) is 17.7 Å². The van der Waals surface area contributed by atoms with E-state index in [1.165, 1.54) is 0 Å². The molecule has 0 spiro atoms. The quantitative estimate of drug-likeness (QED) is 0.899. The van der Waals surface area contributed by atoms with E-state index in [4.69, 9.17) is 10.8 Å². The first-order valence-electron chi connectivity index (χ1n) is 6.71. The maximum atomic E-state index is 10.6. The lowest BCUT2D eigenvalue weighted by Gasteiger charge is -2.30. The van der Waals surface area contributed by atoms with Gasteiger partial charge in [-0.25, -0.2) is 0 Å². The van der Waals surface area contributed by atoms with Gasteiger partial charge in [-0.15, -0.1) is 0 Å².